The molecule has 2 unspecified atom stereocenters. The summed E-state index contributed by atoms with van der Waals surface area (Å²) in [6.07, 6.45) is 12.2. The van der Waals surface area contributed by atoms with Crippen LogP contribution < -0.4 is 5.73 Å². The Morgan fingerprint density at radius 1 is 1.11 bits per heavy atom. The molecule has 0 aromatic carbocycles. The zero-order chi connectivity index (χ0) is 14.1. The number of nitrogens with two attached hydrogens (primary N) is 1. The zero-order valence-corrected chi connectivity index (χ0v) is 13.6. The van der Waals surface area contributed by atoms with Gasteiger partial charge in [-0.15, -0.1) is 0 Å². The van der Waals surface area contributed by atoms with Crippen LogP contribution >= 0.6 is 0 Å². The van der Waals surface area contributed by atoms with E-state index in [-0.39, 0.29) is 5.54 Å². The van der Waals surface area contributed by atoms with Crippen molar-refractivity contribution in [3.05, 3.63) is 0 Å². The van der Waals surface area contributed by atoms with E-state index < -0.39 is 0 Å². The van der Waals surface area contributed by atoms with Crippen LogP contribution in [0.5, 0.6) is 0 Å². The van der Waals surface area contributed by atoms with Crippen molar-refractivity contribution in [1.29, 1.82) is 0 Å². The van der Waals surface area contributed by atoms with Gasteiger partial charge in [0.05, 0.1) is 0 Å². The van der Waals surface area contributed by atoms with Crippen molar-refractivity contribution in [2.24, 2.45) is 11.7 Å². The summed E-state index contributed by atoms with van der Waals surface area (Å²) in [5.41, 5.74) is 6.37. The van der Waals surface area contributed by atoms with Gasteiger partial charge in [-0.3, -0.25) is 4.90 Å². The Morgan fingerprint density at radius 2 is 1.89 bits per heavy atom. The van der Waals surface area contributed by atoms with Crippen LogP contribution in [0.1, 0.15) is 78.6 Å². The Bertz CT molecular complexity index is 229. The molecule has 0 aromatic rings. The van der Waals surface area contributed by atoms with E-state index in [0.29, 0.717) is 0 Å². The van der Waals surface area contributed by atoms with Crippen LogP contribution in [0.2, 0.25) is 0 Å². The maximum absolute atomic E-state index is 6.12. The summed E-state index contributed by atoms with van der Waals surface area (Å²) in [5, 5.41) is 0. The third-order valence-corrected chi connectivity index (χ3v) is 5.07. The molecule has 0 spiro atoms. The van der Waals surface area contributed by atoms with Crippen molar-refractivity contribution in [2.45, 2.75) is 84.1 Å². The molecule has 0 amide bonds. The first-order chi connectivity index (χ1) is 9.16. The first-order valence-electron chi connectivity index (χ1n) is 8.61. The standard InChI is InChI=1S/C17H36N2/c1-4-6-7-12-17(3,15-18)19-13-8-10-16(9-5-2)11-14-19/h16H,4-15,18H2,1-3H3. The Hall–Kier alpha value is -0.0800. The van der Waals surface area contributed by atoms with Crippen molar-refractivity contribution in [3.63, 3.8) is 0 Å². The van der Waals surface area contributed by atoms with E-state index in [1.54, 1.807) is 0 Å². The fourth-order valence-corrected chi connectivity index (χ4v) is 3.55. The Balaban J connectivity index is 2.50. The molecule has 0 aromatic heterocycles. The van der Waals surface area contributed by atoms with E-state index in [2.05, 4.69) is 25.7 Å². The second-order valence-corrected chi connectivity index (χ2v) is 6.73. The molecule has 2 atom stereocenters. The fourth-order valence-electron chi connectivity index (χ4n) is 3.55. The fraction of sp³-hybridized carbons (Fsp3) is 1.00. The summed E-state index contributed by atoms with van der Waals surface area (Å²) in [6, 6.07) is 0. The van der Waals surface area contributed by atoms with Gasteiger partial charge in [0.2, 0.25) is 0 Å². The molecular formula is C17H36N2. The number of hydrogen-bond donors (Lipinski definition) is 1. The normalized spacial score (nSPS) is 24.9. The molecule has 1 aliphatic heterocycles. The molecule has 1 rings (SSSR count). The number of rotatable bonds is 8. The third kappa shape index (κ3) is 5.43. The highest BCUT2D eigenvalue weighted by Crippen LogP contribution is 2.28. The smallest absolute Gasteiger partial charge is 0.0303 e. The average Bonchev–Trinajstić information content (AvgIpc) is 2.65. The molecule has 0 aliphatic carbocycles. The largest absolute Gasteiger partial charge is 0.329 e. The average molecular weight is 268 g/mol. The van der Waals surface area contributed by atoms with Crippen LogP contribution in [0, 0.1) is 5.92 Å². The highest BCUT2D eigenvalue weighted by Gasteiger charge is 2.31. The SMILES string of the molecule is CCCCCC(C)(CN)N1CCCC(CCC)CC1. The predicted octanol–water partition coefficient (Wildman–Crippen LogP) is 4.19. The topological polar surface area (TPSA) is 29.3 Å². The summed E-state index contributed by atoms with van der Waals surface area (Å²) < 4.78 is 0. The van der Waals surface area contributed by atoms with E-state index in [4.69, 9.17) is 5.73 Å². The van der Waals surface area contributed by atoms with E-state index >= 15 is 0 Å². The first kappa shape index (κ1) is 17.0. The molecule has 1 fully saturated rings. The highest BCUT2D eigenvalue weighted by molar-refractivity contribution is 4.89. The van der Waals surface area contributed by atoms with Crippen molar-refractivity contribution >= 4 is 0 Å². The van der Waals surface area contributed by atoms with Gasteiger partial charge in [-0.2, -0.15) is 0 Å². The molecule has 2 heteroatoms. The summed E-state index contributed by atoms with van der Waals surface area (Å²) >= 11 is 0. The maximum Gasteiger partial charge on any atom is 0.0303 e. The lowest BCUT2D eigenvalue weighted by Crippen LogP contribution is -2.52. The third-order valence-electron chi connectivity index (χ3n) is 5.07. The molecule has 1 saturated heterocycles. The molecule has 0 radical (unpaired) electrons. The number of unbranched alkanes of at least 4 members (excludes halogenated alkanes) is 2. The second kappa shape index (κ2) is 8.97. The Morgan fingerprint density at radius 3 is 2.53 bits per heavy atom. The molecular weight excluding hydrogens is 232 g/mol. The first-order valence-corrected chi connectivity index (χ1v) is 8.61. The monoisotopic (exact) mass is 268 g/mol. The summed E-state index contributed by atoms with van der Waals surface area (Å²) in [4.78, 5) is 2.71. The lowest BCUT2D eigenvalue weighted by molar-refractivity contribution is 0.101. The van der Waals surface area contributed by atoms with Gasteiger partial charge in [-0.25, -0.2) is 0 Å². The van der Waals surface area contributed by atoms with E-state index in [1.807, 2.05) is 0 Å². The zero-order valence-electron chi connectivity index (χ0n) is 13.6. The second-order valence-electron chi connectivity index (χ2n) is 6.73. The molecule has 114 valence electrons. The van der Waals surface area contributed by atoms with Crippen LogP contribution in [-0.2, 0) is 0 Å². The van der Waals surface area contributed by atoms with Gasteiger partial charge < -0.3 is 5.73 Å². The lowest BCUT2D eigenvalue weighted by atomic mass is 9.91. The molecule has 2 nitrogen and oxygen atoms in total. The van der Waals surface area contributed by atoms with Crippen LogP contribution in [0.15, 0.2) is 0 Å². The van der Waals surface area contributed by atoms with Crippen LogP contribution in [0.4, 0.5) is 0 Å². The van der Waals surface area contributed by atoms with Crippen molar-refractivity contribution in [2.75, 3.05) is 19.6 Å². The number of nitrogens with zero attached hydrogens (tertiary/aromatic N) is 1. The highest BCUT2D eigenvalue weighted by atomic mass is 15.2. The predicted molar refractivity (Wildman–Crippen MR) is 85.4 cm³/mol. The van der Waals surface area contributed by atoms with Gasteiger partial charge in [0.15, 0.2) is 0 Å². The van der Waals surface area contributed by atoms with Gasteiger partial charge in [0.25, 0.3) is 0 Å². The van der Waals surface area contributed by atoms with E-state index in [0.717, 1.165) is 12.5 Å². The Labute approximate surface area is 121 Å². The number of likely N-dealkylation sites (tertiary alicyclic amines) is 1. The molecule has 2 N–H and O–H groups in total. The van der Waals surface area contributed by atoms with Crippen LogP contribution in [0.25, 0.3) is 0 Å². The molecule has 0 saturated carbocycles. The van der Waals surface area contributed by atoms with Crippen LogP contribution in [-0.4, -0.2) is 30.1 Å². The van der Waals surface area contributed by atoms with Gasteiger partial charge in [0, 0.05) is 12.1 Å². The molecule has 1 heterocycles. The van der Waals surface area contributed by atoms with Crippen molar-refractivity contribution in [1.82, 2.24) is 4.90 Å². The minimum Gasteiger partial charge on any atom is -0.329 e. The van der Waals surface area contributed by atoms with Gasteiger partial charge in [-0.1, -0.05) is 46.0 Å². The summed E-state index contributed by atoms with van der Waals surface area (Å²) in [6.45, 7) is 10.3. The van der Waals surface area contributed by atoms with E-state index in [1.165, 1.54) is 70.9 Å². The van der Waals surface area contributed by atoms with Crippen molar-refractivity contribution < 1.29 is 0 Å². The minimum absolute atomic E-state index is 0.246. The molecule has 0 bridgehead atoms. The minimum atomic E-state index is 0.246. The van der Waals surface area contributed by atoms with Gasteiger partial charge in [0.1, 0.15) is 0 Å². The lowest BCUT2D eigenvalue weighted by Gasteiger charge is -2.40. The maximum atomic E-state index is 6.12. The summed E-state index contributed by atoms with van der Waals surface area (Å²) in [7, 11) is 0. The molecule has 1 aliphatic rings. The number of hydrogen-bond acceptors (Lipinski definition) is 2. The van der Waals surface area contributed by atoms with Crippen LogP contribution in [0.3, 0.4) is 0 Å². The van der Waals surface area contributed by atoms with Gasteiger partial charge in [-0.05, 0) is 51.6 Å². The summed E-state index contributed by atoms with van der Waals surface area (Å²) in [5.74, 6) is 0.965. The van der Waals surface area contributed by atoms with Gasteiger partial charge >= 0.3 is 0 Å². The quantitative estimate of drug-likeness (QED) is 0.669. The Kier molecular flexibility index (Phi) is 8.01. The van der Waals surface area contributed by atoms with E-state index in [9.17, 15) is 0 Å². The van der Waals surface area contributed by atoms with Crippen molar-refractivity contribution in [3.8, 4) is 0 Å². The molecule has 19 heavy (non-hydrogen) atoms.